The lowest BCUT2D eigenvalue weighted by Gasteiger charge is -2.43. The summed E-state index contributed by atoms with van der Waals surface area (Å²) in [5.41, 5.74) is 0.756. The molecule has 2 atom stereocenters. The first-order chi connectivity index (χ1) is 20.0. The standard InChI is InChI=1S/C34H38FN3O4/c1-22-26(31(40)38(37(22)4)25-12-6-5-7-13-25)19-27-30(39)20-34(42-32(27)41,24-10-8-9-11-24)17-16-23-14-15-28(29(35)18-23)33(2,3)21-36/h5-7,12-15,18,24,27H,8-11,16-17,19-20H2,1-4H3. The van der Waals surface area contributed by atoms with Crippen LogP contribution < -0.4 is 5.56 Å². The number of cyclic esters (lactones) is 1. The summed E-state index contributed by atoms with van der Waals surface area (Å²) in [7, 11) is 1.79. The number of ketones is 1. The van der Waals surface area contributed by atoms with Crippen LogP contribution in [0.1, 0.15) is 74.8 Å². The SMILES string of the molecule is Cc1c(CC2C(=O)CC(CCc3ccc(C(C)(C)C#N)c(F)c3)(C3CCCC3)OC2=O)c(=O)n(-c2ccccc2)n1C. The van der Waals surface area contributed by atoms with E-state index in [-0.39, 0.29) is 30.1 Å². The smallest absolute Gasteiger partial charge is 0.317 e. The molecule has 0 radical (unpaired) electrons. The summed E-state index contributed by atoms with van der Waals surface area (Å²) in [6.07, 6.45) is 4.70. The maximum absolute atomic E-state index is 15.0. The third-order valence-electron chi connectivity index (χ3n) is 9.45. The van der Waals surface area contributed by atoms with Crippen molar-refractivity contribution in [2.24, 2.45) is 18.9 Å². The van der Waals surface area contributed by atoms with Gasteiger partial charge in [-0.15, -0.1) is 0 Å². The summed E-state index contributed by atoms with van der Waals surface area (Å²) >= 11 is 0. The van der Waals surface area contributed by atoms with Crippen LogP contribution in [0, 0.1) is 35.9 Å². The Labute approximate surface area is 245 Å². The van der Waals surface area contributed by atoms with Gasteiger partial charge >= 0.3 is 5.97 Å². The number of carbonyl (C=O) groups excluding carboxylic acids is 2. The fourth-order valence-corrected chi connectivity index (χ4v) is 6.78. The van der Waals surface area contributed by atoms with Gasteiger partial charge < -0.3 is 4.74 Å². The Bertz CT molecular complexity index is 1590. The minimum absolute atomic E-state index is 0.00188. The zero-order valence-corrected chi connectivity index (χ0v) is 24.8. The first kappa shape index (κ1) is 29.5. The number of hydrogen-bond acceptors (Lipinski definition) is 5. The molecule has 0 amide bonds. The van der Waals surface area contributed by atoms with Gasteiger partial charge in [0.2, 0.25) is 0 Å². The number of Topliss-reactive ketones (excluding diaryl/α,β-unsaturated/α-hetero) is 1. The van der Waals surface area contributed by atoms with Crippen LogP contribution in [0.25, 0.3) is 5.69 Å². The number of carbonyl (C=O) groups is 2. The Kier molecular flexibility index (Phi) is 7.98. The molecule has 2 fully saturated rings. The molecule has 2 heterocycles. The van der Waals surface area contributed by atoms with E-state index in [1.807, 2.05) is 43.3 Å². The molecule has 1 saturated heterocycles. The summed E-state index contributed by atoms with van der Waals surface area (Å²) in [6, 6.07) is 16.3. The van der Waals surface area contributed by atoms with Crippen molar-refractivity contribution in [3.63, 3.8) is 0 Å². The van der Waals surface area contributed by atoms with Crippen LogP contribution in [0.2, 0.25) is 0 Å². The third kappa shape index (κ3) is 5.33. The van der Waals surface area contributed by atoms with Crippen LogP contribution in [-0.4, -0.2) is 26.7 Å². The average Bonchev–Trinajstić information content (AvgIpc) is 3.58. The number of esters is 1. The van der Waals surface area contributed by atoms with Crippen molar-refractivity contribution in [1.82, 2.24) is 9.36 Å². The number of rotatable bonds is 8. The van der Waals surface area contributed by atoms with Crippen LogP contribution in [0.3, 0.4) is 0 Å². The molecule has 1 aromatic heterocycles. The summed E-state index contributed by atoms with van der Waals surface area (Å²) < 4.78 is 24.5. The van der Waals surface area contributed by atoms with Crippen LogP contribution in [-0.2, 0) is 39.6 Å². The third-order valence-corrected chi connectivity index (χ3v) is 9.45. The first-order valence-corrected chi connectivity index (χ1v) is 14.8. The van der Waals surface area contributed by atoms with Crippen LogP contribution in [0.5, 0.6) is 0 Å². The van der Waals surface area contributed by atoms with Gasteiger partial charge in [-0.05, 0) is 82.6 Å². The fourth-order valence-electron chi connectivity index (χ4n) is 6.78. The van der Waals surface area contributed by atoms with Gasteiger partial charge in [0.05, 0.1) is 17.2 Å². The van der Waals surface area contributed by atoms with Crippen LogP contribution in [0.15, 0.2) is 53.3 Å². The lowest BCUT2D eigenvalue weighted by molar-refractivity contribution is -0.185. The van der Waals surface area contributed by atoms with E-state index < -0.39 is 28.7 Å². The lowest BCUT2D eigenvalue weighted by atomic mass is 9.73. The predicted octanol–water partition coefficient (Wildman–Crippen LogP) is 5.66. The highest BCUT2D eigenvalue weighted by Crippen LogP contribution is 2.45. The van der Waals surface area contributed by atoms with Gasteiger partial charge in [-0.3, -0.25) is 19.1 Å². The van der Waals surface area contributed by atoms with E-state index in [9.17, 15) is 24.0 Å². The average molecular weight is 572 g/mol. The van der Waals surface area contributed by atoms with Gasteiger partial charge in [-0.1, -0.05) is 43.2 Å². The van der Waals surface area contributed by atoms with E-state index in [4.69, 9.17) is 4.74 Å². The maximum atomic E-state index is 15.0. The Hall–Kier alpha value is -3.99. The van der Waals surface area contributed by atoms with Crippen molar-refractivity contribution in [2.45, 2.75) is 83.2 Å². The van der Waals surface area contributed by atoms with Gasteiger partial charge in [0, 0.05) is 30.3 Å². The molecule has 1 aliphatic carbocycles. The molecule has 220 valence electrons. The quantitative estimate of drug-likeness (QED) is 0.257. The highest BCUT2D eigenvalue weighted by molar-refractivity contribution is 6.02. The molecule has 3 aromatic rings. The van der Waals surface area contributed by atoms with Gasteiger partial charge in [0.15, 0.2) is 5.78 Å². The molecule has 1 aliphatic heterocycles. The summed E-state index contributed by atoms with van der Waals surface area (Å²) in [4.78, 5) is 40.7. The van der Waals surface area contributed by atoms with Gasteiger partial charge in [0.1, 0.15) is 17.3 Å². The van der Waals surface area contributed by atoms with E-state index >= 15 is 0 Å². The molecule has 1 saturated carbocycles. The normalized spacial score (nSPS) is 21.4. The minimum atomic E-state index is -1.04. The fraction of sp³-hybridized carbons (Fsp3) is 0.471. The number of nitrogens with zero attached hydrogens (tertiary/aromatic N) is 3. The molecular formula is C34H38FN3O4. The van der Waals surface area contributed by atoms with Gasteiger partial charge in [0.25, 0.3) is 5.56 Å². The van der Waals surface area contributed by atoms with Gasteiger partial charge in [-0.25, -0.2) is 9.07 Å². The molecule has 8 heteroatoms. The number of aromatic nitrogens is 2. The van der Waals surface area contributed by atoms with Gasteiger partial charge in [-0.2, -0.15) is 5.26 Å². The number of para-hydroxylation sites is 1. The number of aryl methyl sites for hydroxylation is 1. The summed E-state index contributed by atoms with van der Waals surface area (Å²) in [5.74, 6) is -2.21. The summed E-state index contributed by atoms with van der Waals surface area (Å²) in [6.45, 7) is 5.18. The molecule has 5 rings (SSSR count). The number of nitriles is 1. The van der Waals surface area contributed by atoms with E-state index in [1.165, 1.54) is 6.07 Å². The molecular weight excluding hydrogens is 533 g/mol. The maximum Gasteiger partial charge on any atom is 0.317 e. The molecule has 0 N–H and O–H groups in total. The Morgan fingerprint density at radius 3 is 2.40 bits per heavy atom. The summed E-state index contributed by atoms with van der Waals surface area (Å²) in [5, 5.41) is 9.41. The monoisotopic (exact) mass is 571 g/mol. The molecule has 2 unspecified atom stereocenters. The number of halogens is 1. The van der Waals surface area contributed by atoms with Crippen molar-refractivity contribution in [3.8, 4) is 11.8 Å². The topological polar surface area (TPSA) is 94.1 Å². The highest BCUT2D eigenvalue weighted by atomic mass is 19.1. The second-order valence-corrected chi connectivity index (χ2v) is 12.5. The Morgan fingerprint density at radius 2 is 1.79 bits per heavy atom. The Balaban J connectivity index is 1.38. The van der Waals surface area contributed by atoms with Crippen molar-refractivity contribution in [2.75, 3.05) is 0 Å². The van der Waals surface area contributed by atoms with E-state index in [2.05, 4.69) is 6.07 Å². The first-order valence-electron chi connectivity index (χ1n) is 14.8. The molecule has 42 heavy (non-hydrogen) atoms. The molecule has 0 bridgehead atoms. The number of hydrogen-bond donors (Lipinski definition) is 0. The number of ether oxygens (including phenoxy) is 1. The highest BCUT2D eigenvalue weighted by Gasteiger charge is 2.51. The van der Waals surface area contributed by atoms with Crippen LogP contribution >= 0.6 is 0 Å². The second-order valence-electron chi connectivity index (χ2n) is 12.5. The van der Waals surface area contributed by atoms with Crippen LogP contribution in [0.4, 0.5) is 4.39 Å². The molecule has 0 spiro atoms. The lowest BCUT2D eigenvalue weighted by Crippen LogP contribution is -2.52. The zero-order valence-electron chi connectivity index (χ0n) is 24.8. The molecule has 7 nitrogen and oxygen atoms in total. The predicted molar refractivity (Wildman–Crippen MR) is 157 cm³/mol. The molecule has 2 aliphatic rings. The van der Waals surface area contributed by atoms with Crippen molar-refractivity contribution < 1.29 is 18.7 Å². The largest absolute Gasteiger partial charge is 0.458 e. The number of benzene rings is 2. The molecule has 2 aromatic carbocycles. The van der Waals surface area contributed by atoms with Crippen molar-refractivity contribution in [3.05, 3.63) is 87.1 Å². The minimum Gasteiger partial charge on any atom is -0.458 e. The van der Waals surface area contributed by atoms with Crippen molar-refractivity contribution in [1.29, 1.82) is 5.26 Å². The van der Waals surface area contributed by atoms with E-state index in [0.717, 1.165) is 31.2 Å². The zero-order chi connectivity index (χ0) is 30.2. The second kappa shape index (κ2) is 11.4. The Morgan fingerprint density at radius 1 is 1.10 bits per heavy atom. The van der Waals surface area contributed by atoms with E-state index in [1.54, 1.807) is 36.3 Å². The van der Waals surface area contributed by atoms with Crippen molar-refractivity contribution >= 4 is 11.8 Å². The van der Waals surface area contributed by atoms with E-state index in [0.29, 0.717) is 35.3 Å².